The number of furan rings is 1. The zero-order valence-electron chi connectivity index (χ0n) is 15.8. The molecular weight excluding hydrogens is 338 g/mol. The molecule has 5 heteroatoms. The van der Waals surface area contributed by atoms with Crippen LogP contribution in [0.3, 0.4) is 0 Å². The van der Waals surface area contributed by atoms with Crippen LogP contribution in [0.5, 0.6) is 0 Å². The first kappa shape index (κ1) is 16.1. The van der Waals surface area contributed by atoms with Crippen LogP contribution >= 0.6 is 0 Å². The molecule has 0 unspecified atom stereocenters. The maximum Gasteiger partial charge on any atom is 0.167 e. The van der Waals surface area contributed by atoms with Gasteiger partial charge < -0.3 is 9.73 Å². The Labute approximate surface area is 157 Å². The number of aromatic nitrogens is 2. The third kappa shape index (κ3) is 2.05. The van der Waals surface area contributed by atoms with E-state index in [-0.39, 0.29) is 5.78 Å². The van der Waals surface area contributed by atoms with E-state index < -0.39 is 11.0 Å². The van der Waals surface area contributed by atoms with Gasteiger partial charge >= 0.3 is 0 Å². The summed E-state index contributed by atoms with van der Waals surface area (Å²) >= 11 is 0. The smallest absolute Gasteiger partial charge is 0.167 e. The molecule has 0 saturated carbocycles. The van der Waals surface area contributed by atoms with Crippen LogP contribution in [0.25, 0.3) is 27.9 Å². The number of ketones is 1. The normalized spacial score (nSPS) is 17.9. The van der Waals surface area contributed by atoms with Gasteiger partial charge in [0.05, 0.1) is 28.6 Å². The fourth-order valence-electron chi connectivity index (χ4n) is 4.40. The van der Waals surface area contributed by atoms with E-state index in [2.05, 4.69) is 16.4 Å². The summed E-state index contributed by atoms with van der Waals surface area (Å²) in [5.41, 5.74) is 4.37. The van der Waals surface area contributed by atoms with Gasteiger partial charge in [0.25, 0.3) is 0 Å². The van der Waals surface area contributed by atoms with Gasteiger partial charge in [0.1, 0.15) is 11.2 Å². The predicted octanol–water partition coefficient (Wildman–Crippen LogP) is 4.80. The molecule has 136 valence electrons. The van der Waals surface area contributed by atoms with Crippen LogP contribution in [-0.2, 0) is 10.2 Å². The van der Waals surface area contributed by atoms with E-state index in [1.165, 1.54) is 0 Å². The molecule has 0 aliphatic carbocycles. The standard InChI is InChI=1S/C22H21N3O2/c1-21(2)15-12-14(16-6-5-7-17-23-9-10-25(16)17)19-13(8-11-27-19)18(15)24-22(3,4)20(21)26/h5-12,24H,1-4H3. The van der Waals surface area contributed by atoms with Crippen molar-refractivity contribution in [2.45, 2.75) is 38.6 Å². The zero-order chi connectivity index (χ0) is 19.0. The molecule has 1 aliphatic heterocycles. The molecule has 0 amide bonds. The molecule has 1 aromatic carbocycles. The number of nitrogens with one attached hydrogen (secondary N) is 1. The molecule has 0 atom stereocenters. The number of pyridine rings is 1. The second-order valence-corrected chi connectivity index (χ2v) is 8.28. The molecule has 1 N–H and O–H groups in total. The fraction of sp³-hybridized carbons (Fsp3) is 0.273. The topological polar surface area (TPSA) is 59.5 Å². The zero-order valence-corrected chi connectivity index (χ0v) is 15.8. The molecule has 5 nitrogen and oxygen atoms in total. The van der Waals surface area contributed by atoms with E-state index in [1.807, 2.05) is 62.6 Å². The first-order chi connectivity index (χ1) is 12.8. The van der Waals surface area contributed by atoms with Crippen molar-refractivity contribution in [1.29, 1.82) is 0 Å². The largest absolute Gasteiger partial charge is 0.464 e. The lowest BCUT2D eigenvalue weighted by Crippen LogP contribution is -2.53. The quantitative estimate of drug-likeness (QED) is 0.530. The van der Waals surface area contributed by atoms with Gasteiger partial charge in [0.2, 0.25) is 0 Å². The van der Waals surface area contributed by atoms with Crippen molar-refractivity contribution < 1.29 is 9.21 Å². The van der Waals surface area contributed by atoms with E-state index in [4.69, 9.17) is 4.42 Å². The van der Waals surface area contributed by atoms with Crippen LogP contribution < -0.4 is 5.32 Å². The van der Waals surface area contributed by atoms with Gasteiger partial charge in [-0.05, 0) is 57.5 Å². The van der Waals surface area contributed by atoms with Crippen LogP contribution in [0.2, 0.25) is 0 Å². The van der Waals surface area contributed by atoms with Gasteiger partial charge in [0, 0.05) is 23.3 Å². The molecule has 0 spiro atoms. The van der Waals surface area contributed by atoms with E-state index in [1.54, 1.807) is 12.5 Å². The highest BCUT2D eigenvalue weighted by atomic mass is 16.3. The monoisotopic (exact) mass is 359 g/mol. The molecular formula is C22H21N3O2. The Morgan fingerprint density at radius 1 is 1.15 bits per heavy atom. The van der Waals surface area contributed by atoms with Gasteiger partial charge in [-0.15, -0.1) is 0 Å². The number of benzene rings is 1. The number of rotatable bonds is 1. The van der Waals surface area contributed by atoms with Crippen molar-refractivity contribution in [2.75, 3.05) is 5.32 Å². The number of fused-ring (bicyclic) bond motifs is 4. The number of hydrogen-bond acceptors (Lipinski definition) is 4. The van der Waals surface area contributed by atoms with Crippen molar-refractivity contribution in [3.63, 3.8) is 0 Å². The van der Waals surface area contributed by atoms with Crippen LogP contribution in [-0.4, -0.2) is 20.7 Å². The Morgan fingerprint density at radius 2 is 1.96 bits per heavy atom. The SMILES string of the molecule is CC1(C)Nc2c(cc(-c3cccc4nccn34)c3occc23)C(C)(C)C1=O. The fourth-order valence-corrected chi connectivity index (χ4v) is 4.40. The summed E-state index contributed by atoms with van der Waals surface area (Å²) in [5.74, 6) is 0.178. The first-order valence-electron chi connectivity index (χ1n) is 9.11. The van der Waals surface area contributed by atoms with Crippen LogP contribution in [0.1, 0.15) is 33.3 Å². The lowest BCUT2D eigenvalue weighted by atomic mass is 9.69. The van der Waals surface area contributed by atoms with E-state index >= 15 is 0 Å². The predicted molar refractivity (Wildman–Crippen MR) is 106 cm³/mol. The minimum absolute atomic E-state index is 0.178. The lowest BCUT2D eigenvalue weighted by Gasteiger charge is -2.42. The van der Waals surface area contributed by atoms with Crippen LogP contribution in [0.15, 0.2) is 53.4 Å². The average molecular weight is 359 g/mol. The Morgan fingerprint density at radius 3 is 2.78 bits per heavy atom. The summed E-state index contributed by atoms with van der Waals surface area (Å²) in [6.45, 7) is 7.88. The summed E-state index contributed by atoms with van der Waals surface area (Å²) in [5, 5.41) is 4.45. The number of carbonyl (C=O) groups is 1. The van der Waals surface area contributed by atoms with Crippen molar-refractivity contribution >= 4 is 28.1 Å². The minimum Gasteiger partial charge on any atom is -0.464 e. The number of Topliss-reactive ketones (excluding diaryl/α,β-unsaturated/α-hetero) is 1. The molecule has 0 bridgehead atoms. The summed E-state index contributed by atoms with van der Waals surface area (Å²) in [4.78, 5) is 17.5. The van der Waals surface area contributed by atoms with Gasteiger partial charge in [-0.2, -0.15) is 0 Å². The third-order valence-electron chi connectivity index (χ3n) is 5.69. The maximum absolute atomic E-state index is 13.1. The number of imidazole rings is 1. The van der Waals surface area contributed by atoms with Gasteiger partial charge in [-0.25, -0.2) is 4.98 Å². The number of nitrogens with zero attached hydrogens (tertiary/aromatic N) is 2. The van der Waals surface area contributed by atoms with Crippen molar-refractivity contribution in [3.05, 3.63) is 54.6 Å². The summed E-state index contributed by atoms with van der Waals surface area (Å²) < 4.78 is 7.94. The molecule has 4 aromatic rings. The van der Waals surface area contributed by atoms with Crippen LogP contribution in [0, 0.1) is 0 Å². The van der Waals surface area contributed by atoms with Crippen molar-refractivity contribution in [2.24, 2.45) is 0 Å². The average Bonchev–Trinajstić information content (AvgIpc) is 3.29. The van der Waals surface area contributed by atoms with E-state index in [0.717, 1.165) is 39.1 Å². The Hall–Kier alpha value is -3.08. The highest BCUT2D eigenvalue weighted by Gasteiger charge is 2.46. The number of anilines is 1. The second-order valence-electron chi connectivity index (χ2n) is 8.28. The lowest BCUT2D eigenvalue weighted by molar-refractivity contribution is -0.127. The van der Waals surface area contributed by atoms with Crippen molar-refractivity contribution in [3.8, 4) is 11.3 Å². The van der Waals surface area contributed by atoms with Gasteiger partial charge in [-0.1, -0.05) is 6.07 Å². The molecule has 0 radical (unpaired) electrons. The van der Waals surface area contributed by atoms with E-state index in [0.29, 0.717) is 0 Å². The molecule has 27 heavy (non-hydrogen) atoms. The highest BCUT2D eigenvalue weighted by molar-refractivity contribution is 6.10. The number of hydrogen-bond donors (Lipinski definition) is 1. The summed E-state index contributed by atoms with van der Waals surface area (Å²) in [6.07, 6.45) is 5.44. The molecule has 1 aliphatic rings. The maximum atomic E-state index is 13.1. The molecule has 0 saturated heterocycles. The Bertz CT molecular complexity index is 1230. The first-order valence-corrected chi connectivity index (χ1v) is 9.11. The van der Waals surface area contributed by atoms with Crippen LogP contribution in [0.4, 0.5) is 5.69 Å². The summed E-state index contributed by atoms with van der Waals surface area (Å²) in [7, 11) is 0. The Balaban J connectivity index is 1.89. The van der Waals surface area contributed by atoms with E-state index in [9.17, 15) is 4.79 Å². The molecule has 0 fully saturated rings. The molecule has 5 rings (SSSR count). The third-order valence-corrected chi connectivity index (χ3v) is 5.69. The summed E-state index contributed by atoms with van der Waals surface area (Å²) in [6, 6.07) is 10.1. The molecule has 4 heterocycles. The molecule has 3 aromatic heterocycles. The highest BCUT2D eigenvalue weighted by Crippen LogP contribution is 2.47. The van der Waals surface area contributed by atoms with Gasteiger partial charge in [0.15, 0.2) is 5.78 Å². The second kappa shape index (κ2) is 5.00. The van der Waals surface area contributed by atoms with Gasteiger partial charge in [-0.3, -0.25) is 9.20 Å². The minimum atomic E-state index is -0.632. The number of carbonyl (C=O) groups excluding carboxylic acids is 1. The van der Waals surface area contributed by atoms with Crippen molar-refractivity contribution in [1.82, 2.24) is 9.38 Å². The Kier molecular flexibility index (Phi) is 2.99.